The fourth-order valence-corrected chi connectivity index (χ4v) is 4.66. The summed E-state index contributed by atoms with van der Waals surface area (Å²) >= 11 is 1.30. The maximum Gasteiger partial charge on any atom is 0.274 e. The largest absolute Gasteiger partial charge is 0.493 e. The van der Waals surface area contributed by atoms with Crippen molar-refractivity contribution in [3.8, 4) is 11.5 Å². The van der Waals surface area contributed by atoms with E-state index >= 15 is 0 Å². The van der Waals surface area contributed by atoms with Crippen LogP contribution in [0.2, 0.25) is 0 Å². The average Bonchev–Trinajstić information content (AvgIpc) is 3.35. The lowest BCUT2D eigenvalue weighted by Gasteiger charge is -2.13. The Hall–Kier alpha value is -4.17. The third-order valence-electron chi connectivity index (χ3n) is 5.34. The number of carbonyl (C=O) groups excluding carboxylic acids is 1. The summed E-state index contributed by atoms with van der Waals surface area (Å²) in [6.07, 6.45) is 1.74. The summed E-state index contributed by atoms with van der Waals surface area (Å²) < 4.78 is 13.4. The van der Waals surface area contributed by atoms with Gasteiger partial charge in [-0.05, 0) is 43.3 Å². The van der Waals surface area contributed by atoms with Gasteiger partial charge in [-0.15, -0.1) is 0 Å². The van der Waals surface area contributed by atoms with E-state index in [1.54, 1.807) is 16.5 Å². The minimum Gasteiger partial charge on any atom is -0.493 e. The Morgan fingerprint density at radius 2 is 1.88 bits per heavy atom. The Balaban J connectivity index is 1.46. The number of aromatic nitrogens is 2. The van der Waals surface area contributed by atoms with Gasteiger partial charge in [0.2, 0.25) is 0 Å². The first-order valence-corrected chi connectivity index (χ1v) is 11.4. The number of para-hydroxylation sites is 3. The number of imidazole rings is 1. The normalized spacial score (nSPS) is 11.8. The number of hydrogen-bond donors (Lipinski definition) is 1. The molecular weight excluding hydrogens is 450 g/mol. The highest BCUT2D eigenvalue weighted by molar-refractivity contribution is 7.15. The lowest BCUT2D eigenvalue weighted by molar-refractivity contribution is -0.118. The van der Waals surface area contributed by atoms with Gasteiger partial charge in [-0.25, -0.2) is 9.38 Å². The van der Waals surface area contributed by atoms with Crippen LogP contribution >= 0.6 is 11.3 Å². The van der Waals surface area contributed by atoms with Crippen molar-refractivity contribution in [2.24, 2.45) is 0 Å². The van der Waals surface area contributed by atoms with Gasteiger partial charge in [-0.2, -0.15) is 0 Å². The molecule has 0 radical (unpaired) electrons. The zero-order valence-corrected chi connectivity index (χ0v) is 19.4. The molecule has 0 aliphatic rings. The molecule has 0 saturated carbocycles. The predicted octanol–water partition coefficient (Wildman–Crippen LogP) is 3.79. The number of rotatable bonds is 6. The first kappa shape index (κ1) is 21.7. The Morgan fingerprint density at radius 3 is 2.68 bits per heavy atom. The smallest absolute Gasteiger partial charge is 0.274 e. The van der Waals surface area contributed by atoms with Gasteiger partial charge in [0.15, 0.2) is 23.1 Å². The van der Waals surface area contributed by atoms with Gasteiger partial charge in [-0.3, -0.25) is 9.59 Å². The van der Waals surface area contributed by atoms with Crippen LogP contribution in [0.3, 0.4) is 0 Å². The highest BCUT2D eigenvalue weighted by Crippen LogP contribution is 2.31. The van der Waals surface area contributed by atoms with Crippen molar-refractivity contribution >= 4 is 45.0 Å². The first-order chi connectivity index (χ1) is 16.5. The Labute approximate surface area is 198 Å². The molecule has 170 valence electrons. The summed E-state index contributed by atoms with van der Waals surface area (Å²) in [5.41, 5.74) is 3.83. The molecule has 3 aromatic carbocycles. The molecule has 5 aromatic rings. The van der Waals surface area contributed by atoms with Crippen molar-refractivity contribution in [2.75, 3.05) is 19.0 Å². The molecule has 5 rings (SSSR count). The van der Waals surface area contributed by atoms with E-state index in [-0.39, 0.29) is 18.1 Å². The summed E-state index contributed by atoms with van der Waals surface area (Å²) in [6.45, 7) is 1.77. The summed E-state index contributed by atoms with van der Waals surface area (Å²) in [4.78, 5) is 30.8. The van der Waals surface area contributed by atoms with Crippen LogP contribution < -0.4 is 24.9 Å². The second-order valence-electron chi connectivity index (χ2n) is 7.72. The molecule has 0 bridgehead atoms. The minimum absolute atomic E-state index is 0.153. The second kappa shape index (κ2) is 8.99. The number of anilines is 1. The average molecular weight is 472 g/mol. The van der Waals surface area contributed by atoms with Gasteiger partial charge < -0.3 is 14.8 Å². The van der Waals surface area contributed by atoms with Gasteiger partial charge >= 0.3 is 0 Å². The molecule has 8 heteroatoms. The van der Waals surface area contributed by atoms with Crippen molar-refractivity contribution in [3.05, 3.63) is 92.7 Å². The van der Waals surface area contributed by atoms with Gasteiger partial charge in [0.05, 0.1) is 22.7 Å². The van der Waals surface area contributed by atoms with Crippen molar-refractivity contribution in [1.29, 1.82) is 0 Å². The van der Waals surface area contributed by atoms with Crippen LogP contribution in [0, 0.1) is 6.92 Å². The van der Waals surface area contributed by atoms with E-state index in [1.165, 1.54) is 18.4 Å². The van der Waals surface area contributed by atoms with Crippen molar-refractivity contribution in [2.45, 2.75) is 6.92 Å². The third kappa shape index (κ3) is 4.11. The van der Waals surface area contributed by atoms with Crippen LogP contribution in [0.25, 0.3) is 22.1 Å². The number of benzene rings is 3. The van der Waals surface area contributed by atoms with Crippen molar-refractivity contribution < 1.29 is 14.3 Å². The number of thiazole rings is 1. The topological polar surface area (TPSA) is 81.9 Å². The summed E-state index contributed by atoms with van der Waals surface area (Å²) in [6, 6.07) is 20.4. The fraction of sp³-hybridized carbons (Fsp3) is 0.115. The maximum atomic E-state index is 13.1. The van der Waals surface area contributed by atoms with E-state index in [1.807, 2.05) is 67.6 Å². The predicted molar refractivity (Wildman–Crippen MR) is 134 cm³/mol. The number of nitrogens with zero attached hydrogens (tertiary/aromatic N) is 2. The number of nitrogens with one attached hydrogen (secondary N) is 1. The monoisotopic (exact) mass is 471 g/mol. The minimum atomic E-state index is -0.300. The van der Waals surface area contributed by atoms with Gasteiger partial charge in [-0.1, -0.05) is 53.3 Å². The van der Waals surface area contributed by atoms with Crippen molar-refractivity contribution in [3.63, 3.8) is 0 Å². The highest BCUT2D eigenvalue weighted by Gasteiger charge is 2.14. The molecule has 1 amide bonds. The lowest BCUT2D eigenvalue weighted by Crippen LogP contribution is -2.23. The van der Waals surface area contributed by atoms with E-state index < -0.39 is 0 Å². The number of methoxy groups -OCH3 is 1. The molecule has 0 aliphatic heterocycles. The highest BCUT2D eigenvalue weighted by atomic mass is 32.1. The van der Waals surface area contributed by atoms with Crippen LogP contribution in [-0.2, 0) is 4.79 Å². The van der Waals surface area contributed by atoms with Crippen molar-refractivity contribution in [1.82, 2.24) is 9.38 Å². The standard InChI is InChI=1S/C26H21N3O4S/c1-16-10-12-18(13-11-16)27-23(30)15-33-24-17(6-5-9-21(24)32-2)14-22-25(31)29-20-8-4-3-7-19(20)28-26(29)34-22/h3-14H,15H2,1-2H3,(H,27,30)/b22-14+. The molecule has 7 nitrogen and oxygen atoms in total. The second-order valence-corrected chi connectivity index (χ2v) is 8.72. The van der Waals surface area contributed by atoms with E-state index in [2.05, 4.69) is 10.3 Å². The quantitative estimate of drug-likeness (QED) is 0.408. The van der Waals surface area contributed by atoms with Crippen LogP contribution in [0.4, 0.5) is 5.69 Å². The number of aryl methyl sites for hydroxylation is 1. The van der Waals surface area contributed by atoms with Crippen LogP contribution in [-0.4, -0.2) is 29.0 Å². The molecule has 0 fully saturated rings. The Bertz CT molecular complexity index is 1620. The van der Waals surface area contributed by atoms with Crippen LogP contribution in [0.1, 0.15) is 11.1 Å². The lowest BCUT2D eigenvalue weighted by atomic mass is 10.1. The SMILES string of the molecule is COc1cccc(/C=c2/sc3nc4ccccc4n3c2=O)c1OCC(=O)Nc1ccc(C)cc1. The molecule has 1 N–H and O–H groups in total. The number of hydrogen-bond acceptors (Lipinski definition) is 6. The van der Waals surface area contributed by atoms with E-state index in [0.717, 1.165) is 16.6 Å². The molecule has 0 spiro atoms. The zero-order chi connectivity index (χ0) is 23.7. The number of amides is 1. The summed E-state index contributed by atoms with van der Waals surface area (Å²) in [5, 5.41) is 2.81. The van der Waals surface area contributed by atoms with Gasteiger partial charge in [0.25, 0.3) is 11.5 Å². The van der Waals surface area contributed by atoms with E-state index in [9.17, 15) is 9.59 Å². The first-order valence-electron chi connectivity index (χ1n) is 10.6. The third-order valence-corrected chi connectivity index (χ3v) is 6.31. The Kier molecular flexibility index (Phi) is 5.73. The number of fused-ring (bicyclic) bond motifs is 3. The molecule has 34 heavy (non-hydrogen) atoms. The zero-order valence-electron chi connectivity index (χ0n) is 18.6. The molecule has 0 saturated heterocycles. The van der Waals surface area contributed by atoms with E-state index in [4.69, 9.17) is 9.47 Å². The van der Waals surface area contributed by atoms with Crippen LogP contribution in [0.15, 0.2) is 71.5 Å². The van der Waals surface area contributed by atoms with Gasteiger partial charge in [0.1, 0.15) is 0 Å². The molecular formula is C26H21N3O4S. The summed E-state index contributed by atoms with van der Waals surface area (Å²) in [7, 11) is 1.53. The number of carbonyl (C=O) groups is 1. The molecule has 0 atom stereocenters. The fourth-order valence-electron chi connectivity index (χ4n) is 3.69. The van der Waals surface area contributed by atoms with Crippen LogP contribution in [0.5, 0.6) is 11.5 Å². The molecule has 2 heterocycles. The Morgan fingerprint density at radius 1 is 1.09 bits per heavy atom. The number of ether oxygens (including phenoxy) is 2. The van der Waals surface area contributed by atoms with Gasteiger partial charge in [0, 0.05) is 11.3 Å². The molecule has 2 aromatic heterocycles. The maximum absolute atomic E-state index is 13.1. The summed E-state index contributed by atoms with van der Waals surface area (Å²) in [5.74, 6) is 0.557. The molecule has 0 aliphatic carbocycles. The molecule has 0 unspecified atom stereocenters. The van der Waals surface area contributed by atoms with E-state index in [0.29, 0.717) is 32.2 Å².